The Morgan fingerprint density at radius 1 is 1.16 bits per heavy atom. The van der Waals surface area contributed by atoms with E-state index in [1.807, 2.05) is 26.0 Å². The lowest BCUT2D eigenvalue weighted by Gasteiger charge is -2.17. The Hall–Kier alpha value is -2.41. The number of carbonyl (C=O) groups is 2. The third-order valence-electron chi connectivity index (χ3n) is 3.70. The van der Waals surface area contributed by atoms with Gasteiger partial charge in [-0.15, -0.1) is 0 Å². The number of benzene rings is 2. The van der Waals surface area contributed by atoms with Gasteiger partial charge in [0.15, 0.2) is 6.10 Å². The van der Waals surface area contributed by atoms with Crippen molar-refractivity contribution in [1.29, 1.82) is 0 Å². The highest BCUT2D eigenvalue weighted by Crippen LogP contribution is 2.21. The van der Waals surface area contributed by atoms with E-state index in [1.165, 1.54) is 12.1 Å². The van der Waals surface area contributed by atoms with Gasteiger partial charge in [-0.2, -0.15) is 0 Å². The predicted molar refractivity (Wildman–Crippen MR) is 95.7 cm³/mol. The molecule has 0 spiro atoms. The lowest BCUT2D eigenvalue weighted by molar-refractivity contribution is -0.128. The molecule has 25 heavy (non-hydrogen) atoms. The Labute approximate surface area is 153 Å². The summed E-state index contributed by atoms with van der Waals surface area (Å²) in [5.74, 6) is -1.41. The highest BCUT2D eigenvalue weighted by atomic mass is 79.9. The molecule has 0 aliphatic carbocycles. The minimum atomic E-state index is -0.840. The second-order valence-electron chi connectivity index (χ2n) is 5.53. The van der Waals surface area contributed by atoms with Crippen molar-refractivity contribution in [1.82, 2.24) is 10.9 Å². The molecule has 0 unspecified atom stereocenters. The Morgan fingerprint density at radius 2 is 1.88 bits per heavy atom. The molecule has 1 atom stereocenters. The van der Waals surface area contributed by atoms with Crippen molar-refractivity contribution < 1.29 is 18.7 Å². The number of hydrogen-bond donors (Lipinski definition) is 2. The minimum Gasteiger partial charge on any atom is -0.481 e. The average molecular weight is 409 g/mol. The molecule has 0 saturated carbocycles. The highest BCUT2D eigenvalue weighted by Gasteiger charge is 2.18. The zero-order valence-corrected chi connectivity index (χ0v) is 15.6. The smallest absolute Gasteiger partial charge is 0.279 e. The molecule has 7 heteroatoms. The highest BCUT2D eigenvalue weighted by molar-refractivity contribution is 9.10. The SMILES string of the molecule is Cc1cccc(O[C@H](C)C(=O)NNC(=O)c2cc(Br)ccc2F)c1C. The number of halogens is 2. The van der Waals surface area contributed by atoms with Crippen molar-refractivity contribution in [3.8, 4) is 5.75 Å². The van der Waals surface area contributed by atoms with Crippen LogP contribution in [-0.4, -0.2) is 17.9 Å². The van der Waals surface area contributed by atoms with Crippen molar-refractivity contribution in [3.05, 3.63) is 63.4 Å². The number of amides is 2. The van der Waals surface area contributed by atoms with Crippen LogP contribution in [0, 0.1) is 19.7 Å². The maximum Gasteiger partial charge on any atom is 0.279 e. The number of hydrogen-bond acceptors (Lipinski definition) is 3. The van der Waals surface area contributed by atoms with Crippen LogP contribution >= 0.6 is 15.9 Å². The van der Waals surface area contributed by atoms with E-state index < -0.39 is 23.7 Å². The molecule has 0 heterocycles. The van der Waals surface area contributed by atoms with Crippen molar-refractivity contribution in [2.45, 2.75) is 26.9 Å². The molecule has 2 amide bonds. The molecule has 0 saturated heterocycles. The summed E-state index contributed by atoms with van der Waals surface area (Å²) in [6.07, 6.45) is -0.840. The Balaban J connectivity index is 1.96. The zero-order chi connectivity index (χ0) is 18.6. The topological polar surface area (TPSA) is 67.4 Å². The molecule has 2 aromatic carbocycles. The van der Waals surface area contributed by atoms with Gasteiger partial charge in [0.25, 0.3) is 11.8 Å². The van der Waals surface area contributed by atoms with Gasteiger partial charge in [-0.1, -0.05) is 28.1 Å². The summed E-state index contributed by atoms with van der Waals surface area (Å²) in [4.78, 5) is 24.1. The maximum absolute atomic E-state index is 13.7. The van der Waals surface area contributed by atoms with Crippen LogP contribution < -0.4 is 15.6 Å². The second kappa shape index (κ2) is 8.11. The van der Waals surface area contributed by atoms with Crippen molar-refractivity contribution in [2.75, 3.05) is 0 Å². The normalized spacial score (nSPS) is 11.6. The van der Waals surface area contributed by atoms with Crippen LogP contribution in [0.3, 0.4) is 0 Å². The molecule has 0 aromatic heterocycles. The zero-order valence-electron chi connectivity index (χ0n) is 14.0. The molecular formula is C18H18BrFN2O3. The number of aryl methyl sites for hydroxylation is 1. The molecule has 2 rings (SSSR count). The number of rotatable bonds is 4. The van der Waals surface area contributed by atoms with Gasteiger partial charge in [0, 0.05) is 4.47 Å². The van der Waals surface area contributed by atoms with Crippen LogP contribution in [0.25, 0.3) is 0 Å². The first kappa shape index (κ1) is 18.9. The van der Waals surface area contributed by atoms with E-state index in [1.54, 1.807) is 13.0 Å². The summed E-state index contributed by atoms with van der Waals surface area (Å²) in [7, 11) is 0. The fourth-order valence-corrected chi connectivity index (χ4v) is 2.42. The standard InChI is InChI=1S/C18H18BrFN2O3/c1-10-5-4-6-16(11(10)2)25-12(3)17(23)21-22-18(24)14-9-13(19)7-8-15(14)20/h4-9,12H,1-3H3,(H,21,23)(H,22,24)/t12-/m1/s1. The molecule has 2 N–H and O–H groups in total. The fourth-order valence-electron chi connectivity index (χ4n) is 2.05. The van der Waals surface area contributed by atoms with Gasteiger partial charge < -0.3 is 4.74 Å². The quantitative estimate of drug-likeness (QED) is 0.761. The lowest BCUT2D eigenvalue weighted by atomic mass is 10.1. The molecule has 0 aliphatic heterocycles. The summed E-state index contributed by atoms with van der Waals surface area (Å²) >= 11 is 3.16. The van der Waals surface area contributed by atoms with Gasteiger partial charge in [-0.05, 0) is 56.2 Å². The second-order valence-corrected chi connectivity index (χ2v) is 6.44. The monoisotopic (exact) mass is 408 g/mol. The number of carbonyl (C=O) groups excluding carboxylic acids is 2. The summed E-state index contributed by atoms with van der Waals surface area (Å²) in [6, 6.07) is 9.51. The Morgan fingerprint density at radius 3 is 2.60 bits per heavy atom. The number of ether oxygens (including phenoxy) is 1. The Kier molecular flexibility index (Phi) is 6.14. The van der Waals surface area contributed by atoms with E-state index in [-0.39, 0.29) is 5.56 Å². The van der Waals surface area contributed by atoms with Crippen molar-refractivity contribution in [3.63, 3.8) is 0 Å². The largest absolute Gasteiger partial charge is 0.481 e. The number of nitrogens with one attached hydrogen (secondary N) is 2. The van der Waals surface area contributed by atoms with E-state index >= 15 is 0 Å². The van der Waals surface area contributed by atoms with E-state index in [0.717, 1.165) is 17.2 Å². The summed E-state index contributed by atoms with van der Waals surface area (Å²) in [6.45, 7) is 5.40. The molecule has 0 bridgehead atoms. The first-order valence-electron chi connectivity index (χ1n) is 7.57. The van der Waals surface area contributed by atoms with E-state index in [2.05, 4.69) is 26.8 Å². The van der Waals surface area contributed by atoms with Gasteiger partial charge >= 0.3 is 0 Å². The van der Waals surface area contributed by atoms with Gasteiger partial charge in [0.05, 0.1) is 5.56 Å². The first-order chi connectivity index (χ1) is 11.8. The van der Waals surface area contributed by atoms with E-state index in [9.17, 15) is 14.0 Å². The molecule has 132 valence electrons. The van der Waals surface area contributed by atoms with Crippen LogP contribution in [0.15, 0.2) is 40.9 Å². The molecule has 0 radical (unpaired) electrons. The van der Waals surface area contributed by atoms with Crippen LogP contribution in [0.5, 0.6) is 5.75 Å². The van der Waals surface area contributed by atoms with Crippen LogP contribution in [-0.2, 0) is 4.79 Å². The van der Waals surface area contributed by atoms with Crippen molar-refractivity contribution >= 4 is 27.7 Å². The Bertz CT molecular complexity index is 811. The number of hydrazine groups is 1. The van der Waals surface area contributed by atoms with Crippen molar-refractivity contribution in [2.24, 2.45) is 0 Å². The molecular weight excluding hydrogens is 391 g/mol. The van der Waals surface area contributed by atoms with Gasteiger partial charge in [0.1, 0.15) is 11.6 Å². The maximum atomic E-state index is 13.7. The molecule has 2 aromatic rings. The van der Waals surface area contributed by atoms with Crippen LogP contribution in [0.1, 0.15) is 28.4 Å². The van der Waals surface area contributed by atoms with Gasteiger partial charge in [0.2, 0.25) is 0 Å². The third kappa shape index (κ3) is 4.79. The van der Waals surface area contributed by atoms with E-state index in [0.29, 0.717) is 10.2 Å². The molecule has 0 aliphatic rings. The third-order valence-corrected chi connectivity index (χ3v) is 4.19. The summed E-state index contributed by atoms with van der Waals surface area (Å²) in [5.41, 5.74) is 6.21. The first-order valence-corrected chi connectivity index (χ1v) is 8.37. The van der Waals surface area contributed by atoms with Crippen LogP contribution in [0.2, 0.25) is 0 Å². The minimum absolute atomic E-state index is 0.183. The molecule has 5 nitrogen and oxygen atoms in total. The van der Waals surface area contributed by atoms with E-state index in [4.69, 9.17) is 4.74 Å². The molecule has 0 fully saturated rings. The predicted octanol–water partition coefficient (Wildman–Crippen LogP) is 3.43. The summed E-state index contributed by atoms with van der Waals surface area (Å²) in [5, 5.41) is 0. The lowest BCUT2D eigenvalue weighted by Crippen LogP contribution is -2.47. The fraction of sp³-hybridized carbons (Fsp3) is 0.222. The average Bonchev–Trinajstić information content (AvgIpc) is 2.58. The summed E-state index contributed by atoms with van der Waals surface area (Å²) < 4.78 is 19.8. The van der Waals surface area contributed by atoms with Crippen LogP contribution in [0.4, 0.5) is 4.39 Å². The van der Waals surface area contributed by atoms with Gasteiger partial charge in [-0.3, -0.25) is 20.4 Å². The van der Waals surface area contributed by atoms with Gasteiger partial charge in [-0.25, -0.2) is 4.39 Å².